The molecule has 1 N–H and O–H groups in total. The van der Waals surface area contributed by atoms with Crippen molar-refractivity contribution < 1.29 is 9.59 Å². The topological polar surface area (TPSA) is 52.7 Å². The fraction of sp³-hybridized carbons (Fsp3) is 0.176. The van der Waals surface area contributed by atoms with Crippen molar-refractivity contribution in [2.24, 2.45) is 0 Å². The third kappa shape index (κ3) is 2.65. The van der Waals surface area contributed by atoms with Crippen LogP contribution >= 0.6 is 0 Å². The van der Waals surface area contributed by atoms with Crippen LogP contribution in [0.5, 0.6) is 0 Å². The first-order chi connectivity index (χ1) is 10.7. The van der Waals surface area contributed by atoms with Gasteiger partial charge in [0.05, 0.1) is 0 Å². The van der Waals surface area contributed by atoms with Gasteiger partial charge in [-0.15, -0.1) is 0 Å². The quantitative estimate of drug-likeness (QED) is 0.946. The van der Waals surface area contributed by atoms with Crippen molar-refractivity contribution in [3.8, 4) is 0 Å². The molecule has 3 amide bonds. The molecule has 0 atom stereocenters. The van der Waals surface area contributed by atoms with Crippen molar-refractivity contribution >= 4 is 23.3 Å². The standard InChI is InChI=1S/C17H17N3O2/c1-19(14-5-3-2-4-6-14)16(21)13-7-9-15(10-8-13)20-12-11-18-17(20)22/h2-10H,11-12H2,1H3,(H,18,22). The Morgan fingerprint density at radius 1 is 1.09 bits per heavy atom. The lowest BCUT2D eigenvalue weighted by atomic mass is 10.1. The molecule has 2 aromatic carbocycles. The molecule has 0 saturated carbocycles. The Hall–Kier alpha value is -2.82. The van der Waals surface area contributed by atoms with E-state index in [9.17, 15) is 9.59 Å². The number of carbonyl (C=O) groups excluding carboxylic acids is 2. The second-order valence-electron chi connectivity index (χ2n) is 5.13. The monoisotopic (exact) mass is 295 g/mol. The van der Waals surface area contributed by atoms with Crippen molar-refractivity contribution in [2.75, 3.05) is 29.9 Å². The summed E-state index contributed by atoms with van der Waals surface area (Å²) in [6.45, 7) is 1.30. The van der Waals surface area contributed by atoms with Crippen LogP contribution in [0, 0.1) is 0 Å². The molecule has 5 heteroatoms. The van der Waals surface area contributed by atoms with Crippen LogP contribution in [0.1, 0.15) is 10.4 Å². The maximum absolute atomic E-state index is 12.5. The first-order valence-corrected chi connectivity index (χ1v) is 7.15. The maximum Gasteiger partial charge on any atom is 0.321 e. The molecule has 5 nitrogen and oxygen atoms in total. The molecule has 1 fully saturated rings. The molecule has 1 saturated heterocycles. The van der Waals surface area contributed by atoms with E-state index < -0.39 is 0 Å². The van der Waals surface area contributed by atoms with Gasteiger partial charge < -0.3 is 10.2 Å². The summed E-state index contributed by atoms with van der Waals surface area (Å²) in [6.07, 6.45) is 0. The van der Waals surface area contributed by atoms with Gasteiger partial charge in [-0.2, -0.15) is 0 Å². The normalized spacial score (nSPS) is 13.9. The molecule has 1 heterocycles. The Morgan fingerprint density at radius 3 is 2.36 bits per heavy atom. The van der Waals surface area contributed by atoms with Gasteiger partial charge in [0.1, 0.15) is 0 Å². The van der Waals surface area contributed by atoms with Crippen LogP contribution in [0.25, 0.3) is 0 Å². The van der Waals surface area contributed by atoms with E-state index in [1.54, 1.807) is 41.1 Å². The molecule has 0 unspecified atom stereocenters. The molecule has 0 aliphatic carbocycles. The molecule has 22 heavy (non-hydrogen) atoms. The highest BCUT2D eigenvalue weighted by atomic mass is 16.2. The molecular weight excluding hydrogens is 278 g/mol. The van der Waals surface area contributed by atoms with Crippen LogP contribution in [0.4, 0.5) is 16.2 Å². The predicted octanol–water partition coefficient (Wildman–Crippen LogP) is 2.49. The molecule has 1 aliphatic heterocycles. The Labute approximate surface area is 129 Å². The number of benzene rings is 2. The van der Waals surface area contributed by atoms with Crippen molar-refractivity contribution in [1.29, 1.82) is 0 Å². The van der Waals surface area contributed by atoms with Crippen LogP contribution in [0.3, 0.4) is 0 Å². The molecule has 0 aromatic heterocycles. The molecule has 112 valence electrons. The Bertz CT molecular complexity index is 683. The number of anilines is 2. The SMILES string of the molecule is CN(C(=O)c1ccc(N2CCNC2=O)cc1)c1ccccc1. The molecule has 1 aliphatic rings. The van der Waals surface area contributed by atoms with Gasteiger partial charge in [0.15, 0.2) is 0 Å². The van der Waals surface area contributed by atoms with E-state index in [0.29, 0.717) is 18.7 Å². The van der Waals surface area contributed by atoms with Crippen LogP contribution in [-0.2, 0) is 0 Å². The zero-order chi connectivity index (χ0) is 15.5. The number of carbonyl (C=O) groups is 2. The van der Waals surface area contributed by atoms with Gasteiger partial charge in [-0.25, -0.2) is 4.79 Å². The lowest BCUT2D eigenvalue weighted by molar-refractivity contribution is 0.0993. The number of hydrogen-bond donors (Lipinski definition) is 1. The fourth-order valence-corrected chi connectivity index (χ4v) is 2.46. The van der Waals surface area contributed by atoms with Crippen molar-refractivity contribution in [1.82, 2.24) is 5.32 Å². The van der Waals surface area contributed by atoms with Gasteiger partial charge in [-0.1, -0.05) is 18.2 Å². The van der Waals surface area contributed by atoms with Crippen LogP contribution in [-0.4, -0.2) is 32.1 Å². The Morgan fingerprint density at radius 2 is 1.77 bits per heavy atom. The van der Waals surface area contributed by atoms with Gasteiger partial charge in [-0.3, -0.25) is 9.69 Å². The van der Waals surface area contributed by atoms with Gasteiger partial charge in [0, 0.05) is 37.1 Å². The number of urea groups is 1. The third-order valence-corrected chi connectivity index (χ3v) is 3.73. The summed E-state index contributed by atoms with van der Waals surface area (Å²) in [5.74, 6) is -0.0800. The van der Waals surface area contributed by atoms with E-state index in [1.807, 2.05) is 30.3 Å². The minimum Gasteiger partial charge on any atom is -0.336 e. The average Bonchev–Trinajstić information content (AvgIpc) is 3.00. The summed E-state index contributed by atoms with van der Waals surface area (Å²) in [5, 5.41) is 2.76. The van der Waals surface area contributed by atoms with Crippen molar-refractivity contribution in [3.63, 3.8) is 0 Å². The second kappa shape index (κ2) is 5.89. The molecule has 0 radical (unpaired) electrons. The molecule has 3 rings (SSSR count). The summed E-state index contributed by atoms with van der Waals surface area (Å²) in [5.41, 5.74) is 2.24. The highest BCUT2D eigenvalue weighted by Crippen LogP contribution is 2.19. The van der Waals surface area contributed by atoms with Crippen LogP contribution in [0.15, 0.2) is 54.6 Å². The second-order valence-corrected chi connectivity index (χ2v) is 5.13. The minimum atomic E-state index is -0.0968. The molecular formula is C17H17N3O2. The summed E-state index contributed by atoms with van der Waals surface area (Å²) in [4.78, 5) is 27.4. The van der Waals surface area contributed by atoms with Gasteiger partial charge in [0.25, 0.3) is 5.91 Å². The molecule has 0 bridgehead atoms. The maximum atomic E-state index is 12.5. The van der Waals surface area contributed by atoms with Crippen LogP contribution < -0.4 is 15.1 Å². The van der Waals surface area contributed by atoms with E-state index in [-0.39, 0.29) is 11.9 Å². The van der Waals surface area contributed by atoms with E-state index >= 15 is 0 Å². The minimum absolute atomic E-state index is 0.0800. The highest BCUT2D eigenvalue weighted by Gasteiger charge is 2.21. The molecule has 2 aromatic rings. The number of hydrogen-bond acceptors (Lipinski definition) is 2. The van der Waals surface area contributed by atoms with Crippen LogP contribution in [0.2, 0.25) is 0 Å². The third-order valence-electron chi connectivity index (χ3n) is 3.73. The summed E-state index contributed by atoms with van der Waals surface area (Å²) < 4.78 is 0. The predicted molar refractivity (Wildman–Crippen MR) is 86.4 cm³/mol. The lowest BCUT2D eigenvalue weighted by Gasteiger charge is -2.18. The number of nitrogens with one attached hydrogen (secondary N) is 1. The van der Waals surface area contributed by atoms with E-state index in [4.69, 9.17) is 0 Å². The van der Waals surface area contributed by atoms with E-state index in [1.165, 1.54) is 0 Å². The Kier molecular flexibility index (Phi) is 3.78. The van der Waals surface area contributed by atoms with Crippen molar-refractivity contribution in [3.05, 3.63) is 60.2 Å². The van der Waals surface area contributed by atoms with Crippen molar-refractivity contribution in [2.45, 2.75) is 0 Å². The zero-order valence-corrected chi connectivity index (χ0v) is 12.3. The Balaban J connectivity index is 1.78. The largest absolute Gasteiger partial charge is 0.336 e. The highest BCUT2D eigenvalue weighted by molar-refractivity contribution is 6.06. The number of nitrogens with zero attached hydrogens (tertiary/aromatic N) is 2. The number of rotatable bonds is 3. The first kappa shape index (κ1) is 14.1. The smallest absolute Gasteiger partial charge is 0.321 e. The van der Waals surface area contributed by atoms with Gasteiger partial charge in [-0.05, 0) is 36.4 Å². The fourth-order valence-electron chi connectivity index (χ4n) is 2.46. The first-order valence-electron chi connectivity index (χ1n) is 7.15. The van der Waals surface area contributed by atoms with Gasteiger partial charge >= 0.3 is 6.03 Å². The zero-order valence-electron chi connectivity index (χ0n) is 12.3. The summed E-state index contributed by atoms with van der Waals surface area (Å²) in [6, 6.07) is 16.5. The molecule has 0 spiro atoms. The van der Waals surface area contributed by atoms with E-state index in [2.05, 4.69) is 5.32 Å². The lowest BCUT2D eigenvalue weighted by Crippen LogP contribution is -2.28. The number of para-hydroxylation sites is 1. The van der Waals surface area contributed by atoms with Gasteiger partial charge in [0.2, 0.25) is 0 Å². The average molecular weight is 295 g/mol. The number of amides is 3. The summed E-state index contributed by atoms with van der Waals surface area (Å²) >= 11 is 0. The van der Waals surface area contributed by atoms with E-state index in [0.717, 1.165) is 11.4 Å². The summed E-state index contributed by atoms with van der Waals surface area (Å²) in [7, 11) is 1.75.